The first-order valence-corrected chi connectivity index (χ1v) is 9.86. The largest absolute Gasteiger partial charge is 0.322 e. The summed E-state index contributed by atoms with van der Waals surface area (Å²) in [7, 11) is 0. The lowest BCUT2D eigenvalue weighted by Gasteiger charge is -2.16. The third-order valence-corrected chi connectivity index (χ3v) is 4.96. The smallest absolute Gasteiger partial charge is 0.258 e. The molecule has 0 fully saturated rings. The van der Waals surface area contributed by atoms with Crippen LogP contribution in [-0.4, -0.2) is 20.9 Å². The number of carbonyl (C=O) groups is 1. The summed E-state index contributed by atoms with van der Waals surface area (Å²) in [5, 5.41) is 7.23. The number of fused-ring (bicyclic) bond motifs is 1. The zero-order valence-electron chi connectivity index (χ0n) is 17.2. The fraction of sp³-hybridized carbons (Fsp3) is 0.167. The summed E-state index contributed by atoms with van der Waals surface area (Å²) in [6, 6.07) is 15.8. The van der Waals surface area contributed by atoms with E-state index in [0.29, 0.717) is 17.4 Å². The molecule has 6 heteroatoms. The van der Waals surface area contributed by atoms with E-state index in [0.717, 1.165) is 33.4 Å². The maximum absolute atomic E-state index is 12.8. The predicted molar refractivity (Wildman–Crippen MR) is 120 cm³/mol. The number of nitrogens with one attached hydrogen (secondary N) is 2. The number of hydrogen-bond acceptors (Lipinski definition) is 5. The van der Waals surface area contributed by atoms with Gasteiger partial charge in [0, 0.05) is 29.7 Å². The third kappa shape index (κ3) is 3.98. The molecule has 0 saturated heterocycles. The van der Waals surface area contributed by atoms with Gasteiger partial charge < -0.3 is 10.6 Å². The van der Waals surface area contributed by atoms with Crippen LogP contribution in [-0.2, 0) is 0 Å². The molecule has 0 bridgehead atoms. The van der Waals surface area contributed by atoms with Crippen LogP contribution in [0.2, 0.25) is 0 Å². The molecular weight excluding hydrogens is 374 g/mol. The van der Waals surface area contributed by atoms with Crippen molar-refractivity contribution in [3.63, 3.8) is 0 Å². The second-order valence-electron chi connectivity index (χ2n) is 7.45. The summed E-state index contributed by atoms with van der Waals surface area (Å²) >= 11 is 0. The number of nitrogens with zero attached hydrogens (tertiary/aromatic N) is 3. The molecule has 4 rings (SSSR count). The maximum atomic E-state index is 12.8. The van der Waals surface area contributed by atoms with E-state index in [-0.39, 0.29) is 5.91 Å². The van der Waals surface area contributed by atoms with Gasteiger partial charge in [-0.05, 0) is 36.1 Å². The van der Waals surface area contributed by atoms with Crippen molar-refractivity contribution in [2.45, 2.75) is 26.7 Å². The van der Waals surface area contributed by atoms with Crippen molar-refractivity contribution in [3.8, 4) is 0 Å². The Kier molecular flexibility index (Phi) is 5.39. The lowest BCUT2D eigenvalue weighted by atomic mass is 9.98. The van der Waals surface area contributed by atoms with Gasteiger partial charge in [-0.2, -0.15) is 0 Å². The van der Waals surface area contributed by atoms with Crippen molar-refractivity contribution in [1.82, 2.24) is 15.0 Å². The Bertz CT molecular complexity index is 1200. The summed E-state index contributed by atoms with van der Waals surface area (Å²) in [4.78, 5) is 25.8. The molecule has 30 heavy (non-hydrogen) atoms. The summed E-state index contributed by atoms with van der Waals surface area (Å²) in [5.41, 5.74) is 5.03. The number of pyridine rings is 1. The van der Waals surface area contributed by atoms with E-state index in [2.05, 4.69) is 39.4 Å². The molecule has 6 nitrogen and oxygen atoms in total. The van der Waals surface area contributed by atoms with Crippen LogP contribution < -0.4 is 10.6 Å². The van der Waals surface area contributed by atoms with Gasteiger partial charge in [0.2, 0.25) is 5.95 Å². The molecule has 2 aromatic carbocycles. The highest BCUT2D eigenvalue weighted by atomic mass is 16.1. The minimum Gasteiger partial charge on any atom is -0.322 e. The van der Waals surface area contributed by atoms with Crippen LogP contribution in [0.3, 0.4) is 0 Å². The van der Waals surface area contributed by atoms with Crippen molar-refractivity contribution in [3.05, 3.63) is 83.8 Å². The first-order valence-electron chi connectivity index (χ1n) is 9.86. The van der Waals surface area contributed by atoms with Crippen molar-refractivity contribution in [2.75, 3.05) is 10.6 Å². The van der Waals surface area contributed by atoms with Crippen LogP contribution in [0.5, 0.6) is 0 Å². The first-order chi connectivity index (χ1) is 14.5. The standard InChI is InChI=1S/C24H23N5O/c1-15(2)19-10-4-7-16(3)21(19)29-23(30)18-13-26-24(27-14-18)28-20-11-5-8-17-9-6-12-25-22(17)20/h4-15H,1-3H3,(H,29,30)(H,26,27,28). The minimum absolute atomic E-state index is 0.232. The number of aromatic nitrogens is 3. The van der Waals surface area contributed by atoms with Gasteiger partial charge in [-0.3, -0.25) is 9.78 Å². The number of aryl methyl sites for hydroxylation is 1. The van der Waals surface area contributed by atoms with Crippen LogP contribution in [0.1, 0.15) is 41.3 Å². The molecule has 2 heterocycles. The van der Waals surface area contributed by atoms with E-state index in [1.165, 1.54) is 12.4 Å². The fourth-order valence-corrected chi connectivity index (χ4v) is 3.36. The van der Waals surface area contributed by atoms with E-state index in [1.54, 1.807) is 6.20 Å². The fourth-order valence-electron chi connectivity index (χ4n) is 3.36. The van der Waals surface area contributed by atoms with E-state index < -0.39 is 0 Å². The van der Waals surface area contributed by atoms with Gasteiger partial charge >= 0.3 is 0 Å². The van der Waals surface area contributed by atoms with E-state index in [9.17, 15) is 4.79 Å². The molecular formula is C24H23N5O. The average Bonchev–Trinajstić information content (AvgIpc) is 2.75. The number of carbonyl (C=O) groups excluding carboxylic acids is 1. The molecule has 0 atom stereocenters. The maximum Gasteiger partial charge on any atom is 0.258 e. The summed E-state index contributed by atoms with van der Waals surface area (Å²) in [6.07, 6.45) is 4.80. The molecule has 4 aromatic rings. The minimum atomic E-state index is -0.232. The third-order valence-electron chi connectivity index (χ3n) is 4.96. The van der Waals surface area contributed by atoms with Gasteiger partial charge in [0.15, 0.2) is 0 Å². The molecule has 2 aromatic heterocycles. The summed E-state index contributed by atoms with van der Waals surface area (Å²) in [5.74, 6) is 0.477. The van der Waals surface area contributed by atoms with Gasteiger partial charge in [-0.1, -0.05) is 50.2 Å². The second kappa shape index (κ2) is 8.29. The Morgan fingerprint density at radius 2 is 1.67 bits per heavy atom. The molecule has 0 radical (unpaired) electrons. The number of hydrogen-bond donors (Lipinski definition) is 2. The zero-order chi connectivity index (χ0) is 21.1. The Hall–Kier alpha value is -3.80. The average molecular weight is 397 g/mol. The van der Waals surface area contributed by atoms with Crippen LogP contribution in [0.25, 0.3) is 10.9 Å². The summed E-state index contributed by atoms with van der Waals surface area (Å²) in [6.45, 7) is 6.20. The van der Waals surface area contributed by atoms with Crippen molar-refractivity contribution in [1.29, 1.82) is 0 Å². The monoisotopic (exact) mass is 397 g/mol. The molecule has 0 aliphatic rings. The molecule has 2 N–H and O–H groups in total. The van der Waals surface area contributed by atoms with Gasteiger partial charge in [-0.15, -0.1) is 0 Å². The van der Waals surface area contributed by atoms with Crippen molar-refractivity contribution in [2.24, 2.45) is 0 Å². The Balaban J connectivity index is 1.53. The Morgan fingerprint density at radius 3 is 2.43 bits per heavy atom. The highest BCUT2D eigenvalue weighted by molar-refractivity contribution is 6.04. The predicted octanol–water partition coefficient (Wildman–Crippen LogP) is 5.45. The SMILES string of the molecule is Cc1cccc(C(C)C)c1NC(=O)c1cnc(Nc2cccc3cccnc23)nc1. The number of rotatable bonds is 5. The topological polar surface area (TPSA) is 79.8 Å². The van der Waals surface area contributed by atoms with Crippen LogP contribution >= 0.6 is 0 Å². The molecule has 0 saturated carbocycles. The Labute approximate surface area is 175 Å². The Morgan fingerprint density at radius 1 is 0.933 bits per heavy atom. The lowest BCUT2D eigenvalue weighted by Crippen LogP contribution is -2.15. The van der Waals surface area contributed by atoms with E-state index in [4.69, 9.17) is 0 Å². The number of para-hydroxylation sites is 2. The lowest BCUT2D eigenvalue weighted by molar-refractivity contribution is 0.102. The molecule has 150 valence electrons. The van der Waals surface area contributed by atoms with Crippen molar-refractivity contribution < 1.29 is 4.79 Å². The van der Waals surface area contributed by atoms with Crippen molar-refractivity contribution >= 4 is 34.1 Å². The first kappa shape index (κ1) is 19.5. The van der Waals surface area contributed by atoms with E-state index >= 15 is 0 Å². The van der Waals surface area contributed by atoms with Crippen LogP contribution in [0.4, 0.5) is 17.3 Å². The van der Waals surface area contributed by atoms with Crippen LogP contribution in [0, 0.1) is 6.92 Å². The summed E-state index contributed by atoms with van der Waals surface area (Å²) < 4.78 is 0. The molecule has 0 aliphatic carbocycles. The number of anilines is 3. The van der Waals surface area contributed by atoms with Gasteiger partial charge in [0.25, 0.3) is 5.91 Å². The highest BCUT2D eigenvalue weighted by Gasteiger charge is 2.14. The normalized spacial score (nSPS) is 10.9. The number of benzene rings is 2. The van der Waals surface area contributed by atoms with Gasteiger partial charge in [0.1, 0.15) is 0 Å². The quantitative estimate of drug-likeness (QED) is 0.468. The molecule has 0 unspecified atom stereocenters. The highest BCUT2D eigenvalue weighted by Crippen LogP contribution is 2.28. The molecule has 1 amide bonds. The zero-order valence-corrected chi connectivity index (χ0v) is 17.2. The second-order valence-corrected chi connectivity index (χ2v) is 7.45. The molecule has 0 aliphatic heterocycles. The molecule has 0 spiro atoms. The van der Waals surface area contributed by atoms with Crippen LogP contribution in [0.15, 0.2) is 67.1 Å². The number of amides is 1. The van der Waals surface area contributed by atoms with Gasteiger partial charge in [0.05, 0.1) is 16.8 Å². The van der Waals surface area contributed by atoms with E-state index in [1.807, 2.05) is 55.5 Å². The van der Waals surface area contributed by atoms with Gasteiger partial charge in [-0.25, -0.2) is 9.97 Å².